The van der Waals surface area contributed by atoms with Crippen molar-refractivity contribution < 1.29 is 17.9 Å². The smallest absolute Gasteiger partial charge is 0.373 e. The van der Waals surface area contributed by atoms with E-state index in [0.717, 1.165) is 19.3 Å². The van der Waals surface area contributed by atoms with Crippen LogP contribution in [0.4, 0.5) is 24.8 Å². The number of halogens is 3. The van der Waals surface area contributed by atoms with Crippen molar-refractivity contribution in [3.8, 4) is 0 Å². The van der Waals surface area contributed by atoms with E-state index in [1.54, 1.807) is 0 Å². The monoisotopic (exact) mass is 289 g/mol. The average molecular weight is 289 g/mol. The second-order valence-corrected chi connectivity index (χ2v) is 4.96. The van der Waals surface area contributed by atoms with Gasteiger partial charge in [0.2, 0.25) is 5.82 Å². The Morgan fingerprint density at radius 1 is 1.25 bits per heavy atom. The van der Waals surface area contributed by atoms with Gasteiger partial charge in [0.05, 0.1) is 18.2 Å². The average Bonchev–Trinajstić information content (AvgIpc) is 2.99. The molecule has 0 amide bonds. The van der Waals surface area contributed by atoms with Crippen LogP contribution in [0.25, 0.3) is 0 Å². The van der Waals surface area contributed by atoms with Crippen molar-refractivity contribution in [1.29, 1.82) is 0 Å². The molecule has 1 aromatic rings. The highest BCUT2D eigenvalue weighted by molar-refractivity contribution is 5.48. The van der Waals surface area contributed by atoms with Crippen molar-refractivity contribution in [2.45, 2.75) is 43.7 Å². The number of nitrogens with one attached hydrogen (secondary N) is 2. The van der Waals surface area contributed by atoms with Crippen LogP contribution in [0.3, 0.4) is 0 Å². The van der Waals surface area contributed by atoms with Gasteiger partial charge in [0.1, 0.15) is 11.6 Å². The lowest BCUT2D eigenvalue weighted by Crippen LogP contribution is -2.31. The first kappa shape index (κ1) is 13.4. The molecule has 2 fully saturated rings. The van der Waals surface area contributed by atoms with Gasteiger partial charge in [-0.1, -0.05) is 0 Å². The number of hydrogen-bond acceptors (Lipinski definition) is 6. The lowest BCUT2D eigenvalue weighted by molar-refractivity contribution is -0.144. The summed E-state index contributed by atoms with van der Waals surface area (Å²) < 4.78 is 43.7. The molecule has 0 saturated carbocycles. The predicted molar refractivity (Wildman–Crippen MR) is 64.8 cm³/mol. The molecule has 2 aliphatic rings. The SMILES string of the molecule is NNc1cc(NC2CC3CCC2O3)nc(C(F)(F)F)n1. The van der Waals surface area contributed by atoms with E-state index in [0.29, 0.717) is 0 Å². The Kier molecular flexibility index (Phi) is 3.17. The van der Waals surface area contributed by atoms with Crippen LogP contribution in [0.5, 0.6) is 0 Å². The van der Waals surface area contributed by atoms with Crippen molar-refractivity contribution in [1.82, 2.24) is 9.97 Å². The molecule has 2 saturated heterocycles. The van der Waals surface area contributed by atoms with Gasteiger partial charge in [0.15, 0.2) is 0 Å². The van der Waals surface area contributed by atoms with E-state index in [-0.39, 0.29) is 29.9 Å². The first-order valence-electron chi connectivity index (χ1n) is 6.30. The van der Waals surface area contributed by atoms with Gasteiger partial charge in [-0.25, -0.2) is 15.8 Å². The van der Waals surface area contributed by atoms with E-state index >= 15 is 0 Å². The number of hydrogen-bond donors (Lipinski definition) is 3. The van der Waals surface area contributed by atoms with Gasteiger partial charge in [0, 0.05) is 6.07 Å². The summed E-state index contributed by atoms with van der Waals surface area (Å²) in [6, 6.07) is 1.33. The number of rotatable bonds is 3. The van der Waals surface area contributed by atoms with E-state index in [9.17, 15) is 13.2 Å². The van der Waals surface area contributed by atoms with Crippen LogP contribution < -0.4 is 16.6 Å². The Morgan fingerprint density at radius 2 is 2.00 bits per heavy atom. The zero-order valence-electron chi connectivity index (χ0n) is 10.4. The van der Waals surface area contributed by atoms with Gasteiger partial charge in [-0.2, -0.15) is 13.2 Å². The second kappa shape index (κ2) is 4.74. The zero-order chi connectivity index (χ0) is 14.3. The highest BCUT2D eigenvalue weighted by atomic mass is 19.4. The fraction of sp³-hybridized carbons (Fsp3) is 0.636. The van der Waals surface area contributed by atoms with Crippen LogP contribution in [-0.4, -0.2) is 28.2 Å². The summed E-state index contributed by atoms with van der Waals surface area (Å²) in [5, 5.41) is 2.99. The first-order valence-corrected chi connectivity index (χ1v) is 6.30. The van der Waals surface area contributed by atoms with Crippen molar-refractivity contribution in [2.24, 2.45) is 5.84 Å². The fourth-order valence-corrected chi connectivity index (χ4v) is 2.70. The van der Waals surface area contributed by atoms with Gasteiger partial charge in [-0.15, -0.1) is 0 Å². The Labute approximate surface area is 112 Å². The van der Waals surface area contributed by atoms with Crippen molar-refractivity contribution in [2.75, 3.05) is 10.7 Å². The summed E-state index contributed by atoms with van der Waals surface area (Å²) in [4.78, 5) is 6.80. The predicted octanol–water partition coefficient (Wildman–Crippen LogP) is 1.51. The molecule has 3 atom stereocenters. The zero-order valence-corrected chi connectivity index (χ0v) is 10.4. The molecule has 6 nitrogen and oxygen atoms in total. The molecule has 2 aliphatic heterocycles. The summed E-state index contributed by atoms with van der Waals surface area (Å²) in [6.45, 7) is 0. The molecule has 1 aromatic heterocycles. The van der Waals surface area contributed by atoms with E-state index in [1.165, 1.54) is 6.07 Å². The molecular weight excluding hydrogens is 275 g/mol. The highest BCUT2D eigenvalue weighted by Gasteiger charge is 2.41. The van der Waals surface area contributed by atoms with Crippen LogP contribution in [0.15, 0.2) is 6.07 Å². The molecule has 3 heterocycles. The summed E-state index contributed by atoms with van der Waals surface area (Å²) in [5.74, 6) is 3.93. The lowest BCUT2D eigenvalue weighted by Gasteiger charge is -2.21. The molecule has 9 heteroatoms. The molecule has 0 aromatic carbocycles. The molecule has 0 aliphatic carbocycles. The molecule has 110 valence electrons. The minimum absolute atomic E-state index is 0.0182. The Morgan fingerprint density at radius 3 is 2.55 bits per heavy atom. The standard InChI is InChI=1S/C11H14F3N5O/c12-11(13,14)10-17-8(4-9(18-10)19-15)16-6-3-5-1-2-7(6)20-5/h4-7H,1-3,15H2,(H2,16,17,18,19). The third-order valence-electron chi connectivity index (χ3n) is 3.57. The molecule has 3 unspecified atom stereocenters. The van der Waals surface area contributed by atoms with Gasteiger partial charge in [0.25, 0.3) is 0 Å². The number of fused-ring (bicyclic) bond motifs is 2. The summed E-state index contributed by atoms with van der Waals surface area (Å²) in [5.41, 5.74) is 2.12. The molecular formula is C11H14F3N5O. The van der Waals surface area contributed by atoms with Crippen molar-refractivity contribution in [3.05, 3.63) is 11.9 Å². The quantitative estimate of drug-likeness (QED) is 0.578. The van der Waals surface area contributed by atoms with Crippen LogP contribution in [0.1, 0.15) is 25.1 Å². The number of nitrogens with zero attached hydrogens (tertiary/aromatic N) is 2. The van der Waals surface area contributed by atoms with E-state index in [2.05, 4.69) is 20.7 Å². The van der Waals surface area contributed by atoms with Gasteiger partial charge in [-0.05, 0) is 19.3 Å². The third-order valence-corrected chi connectivity index (χ3v) is 3.57. The van der Waals surface area contributed by atoms with Crippen molar-refractivity contribution >= 4 is 11.6 Å². The number of ether oxygens (including phenoxy) is 1. The van der Waals surface area contributed by atoms with Crippen LogP contribution >= 0.6 is 0 Å². The van der Waals surface area contributed by atoms with Crippen molar-refractivity contribution in [3.63, 3.8) is 0 Å². The number of nitrogens with two attached hydrogens (primary N) is 1. The van der Waals surface area contributed by atoms with Crippen LogP contribution in [0.2, 0.25) is 0 Å². The molecule has 0 radical (unpaired) electrons. The molecule has 3 rings (SSSR count). The third kappa shape index (κ3) is 2.50. The topological polar surface area (TPSA) is 85.1 Å². The molecule has 2 bridgehead atoms. The second-order valence-electron chi connectivity index (χ2n) is 4.96. The summed E-state index contributed by atoms with van der Waals surface area (Å²) in [6.07, 6.45) is -1.67. The van der Waals surface area contributed by atoms with Crippen LogP contribution in [0, 0.1) is 0 Å². The maximum absolute atomic E-state index is 12.7. The molecule has 4 N–H and O–H groups in total. The maximum atomic E-state index is 12.7. The summed E-state index contributed by atoms with van der Waals surface area (Å²) in [7, 11) is 0. The lowest BCUT2D eigenvalue weighted by atomic mass is 9.95. The van der Waals surface area contributed by atoms with Gasteiger partial charge >= 0.3 is 6.18 Å². The van der Waals surface area contributed by atoms with Gasteiger partial charge in [-0.3, -0.25) is 0 Å². The minimum Gasteiger partial charge on any atom is -0.373 e. The van der Waals surface area contributed by atoms with Crippen LogP contribution in [-0.2, 0) is 10.9 Å². The van der Waals surface area contributed by atoms with Gasteiger partial charge < -0.3 is 15.5 Å². The fourth-order valence-electron chi connectivity index (χ4n) is 2.70. The number of hydrazine groups is 1. The van der Waals surface area contributed by atoms with E-state index < -0.39 is 12.0 Å². The first-order chi connectivity index (χ1) is 9.45. The maximum Gasteiger partial charge on any atom is 0.451 e. The number of nitrogen functional groups attached to an aromatic ring is 1. The molecule has 20 heavy (non-hydrogen) atoms. The number of aromatic nitrogens is 2. The highest BCUT2D eigenvalue weighted by Crippen LogP contribution is 2.36. The Hall–Kier alpha value is -1.61. The number of alkyl halides is 3. The van der Waals surface area contributed by atoms with E-state index in [1.807, 2.05) is 0 Å². The molecule has 0 spiro atoms. The Bertz CT molecular complexity index is 509. The minimum atomic E-state index is -4.62. The van der Waals surface area contributed by atoms with E-state index in [4.69, 9.17) is 10.6 Å². The number of anilines is 2. The largest absolute Gasteiger partial charge is 0.451 e. The Balaban J connectivity index is 1.82. The summed E-state index contributed by atoms with van der Waals surface area (Å²) >= 11 is 0. The normalized spacial score (nSPS) is 28.7.